The zero-order valence-electron chi connectivity index (χ0n) is 23.6. The molecule has 0 heterocycles. The Labute approximate surface area is 246 Å². The lowest BCUT2D eigenvalue weighted by Gasteiger charge is -2.33. The van der Waals surface area contributed by atoms with Crippen LogP contribution in [0.2, 0.25) is 0 Å². The van der Waals surface area contributed by atoms with Gasteiger partial charge in [0.15, 0.2) is 0 Å². The molecule has 0 radical (unpaired) electrons. The Morgan fingerprint density at radius 2 is 1.62 bits per heavy atom. The van der Waals surface area contributed by atoms with Crippen LogP contribution < -0.4 is 9.62 Å². The van der Waals surface area contributed by atoms with Crippen molar-refractivity contribution < 1.29 is 18.0 Å². The molecule has 0 saturated heterocycles. The summed E-state index contributed by atoms with van der Waals surface area (Å²) >= 11 is 3.42. The van der Waals surface area contributed by atoms with Crippen molar-refractivity contribution in [3.05, 3.63) is 94.0 Å². The Bertz CT molecular complexity index is 1410. The zero-order valence-corrected chi connectivity index (χ0v) is 26.0. The first-order chi connectivity index (χ1) is 19.1. The van der Waals surface area contributed by atoms with Crippen LogP contribution in [-0.2, 0) is 26.2 Å². The van der Waals surface area contributed by atoms with Gasteiger partial charge in [0.25, 0.3) is 10.0 Å². The summed E-state index contributed by atoms with van der Waals surface area (Å²) in [6.07, 6.45) is 2.15. The molecule has 1 atom stereocenters. The smallest absolute Gasteiger partial charge is 0.264 e. The van der Waals surface area contributed by atoms with Crippen LogP contribution in [0.1, 0.15) is 49.8 Å². The van der Waals surface area contributed by atoms with Gasteiger partial charge in [-0.1, -0.05) is 89.8 Å². The second-order valence-electron chi connectivity index (χ2n) is 9.88. The lowest BCUT2D eigenvalue weighted by molar-refractivity contribution is -0.140. The van der Waals surface area contributed by atoms with E-state index in [0.29, 0.717) is 23.1 Å². The van der Waals surface area contributed by atoms with Gasteiger partial charge < -0.3 is 10.2 Å². The number of halogens is 1. The van der Waals surface area contributed by atoms with E-state index in [1.165, 1.54) is 4.90 Å². The number of amides is 2. The first-order valence-corrected chi connectivity index (χ1v) is 15.8. The van der Waals surface area contributed by atoms with E-state index in [9.17, 15) is 18.0 Å². The van der Waals surface area contributed by atoms with Gasteiger partial charge in [-0.2, -0.15) is 0 Å². The van der Waals surface area contributed by atoms with Crippen LogP contribution >= 0.6 is 15.9 Å². The number of nitrogens with one attached hydrogen (secondary N) is 1. The van der Waals surface area contributed by atoms with Crippen LogP contribution in [0.5, 0.6) is 0 Å². The van der Waals surface area contributed by atoms with E-state index < -0.39 is 28.5 Å². The fourth-order valence-corrected chi connectivity index (χ4v) is 6.22. The van der Waals surface area contributed by atoms with Crippen molar-refractivity contribution >= 4 is 43.5 Å². The Hall–Kier alpha value is -3.17. The number of nitrogens with zero attached hydrogens (tertiary/aromatic N) is 2. The van der Waals surface area contributed by atoms with Crippen molar-refractivity contribution in [1.82, 2.24) is 10.2 Å². The third-order valence-electron chi connectivity index (χ3n) is 6.63. The van der Waals surface area contributed by atoms with Crippen molar-refractivity contribution in [3.63, 3.8) is 0 Å². The number of anilines is 1. The number of hydrogen-bond donors (Lipinski definition) is 1. The normalized spacial score (nSPS) is 12.0. The van der Waals surface area contributed by atoms with Crippen molar-refractivity contribution in [3.8, 4) is 0 Å². The van der Waals surface area contributed by atoms with Gasteiger partial charge in [0, 0.05) is 17.6 Å². The van der Waals surface area contributed by atoms with Gasteiger partial charge in [0.1, 0.15) is 12.6 Å². The molecule has 0 aliphatic carbocycles. The summed E-state index contributed by atoms with van der Waals surface area (Å²) in [6, 6.07) is 20.4. The van der Waals surface area contributed by atoms with Gasteiger partial charge in [-0.25, -0.2) is 8.42 Å². The van der Waals surface area contributed by atoms with E-state index in [1.54, 1.807) is 48.5 Å². The molecular weight excluding hydrogens is 590 g/mol. The molecule has 7 nitrogen and oxygen atoms in total. The van der Waals surface area contributed by atoms with E-state index in [-0.39, 0.29) is 17.3 Å². The van der Waals surface area contributed by atoms with E-state index in [2.05, 4.69) is 21.2 Å². The van der Waals surface area contributed by atoms with Crippen molar-refractivity contribution in [2.24, 2.45) is 0 Å². The maximum Gasteiger partial charge on any atom is 0.264 e. The minimum Gasteiger partial charge on any atom is -0.354 e. The third kappa shape index (κ3) is 8.17. The Balaban J connectivity index is 2.04. The van der Waals surface area contributed by atoms with Crippen molar-refractivity contribution in [2.75, 3.05) is 17.4 Å². The number of rotatable bonds is 13. The number of sulfonamides is 1. The standard InChI is InChI=1S/C31H38BrN3O4S/c1-5-7-18-33-31(37)29(6-2)34(21-25-11-8-10-24(4)19-25)30(36)22-35(27-13-9-12-26(32)20-27)40(38,39)28-16-14-23(3)15-17-28/h8-17,19-20,29H,5-7,18,21-22H2,1-4H3,(H,33,37)/t29-/m1/s1. The van der Waals surface area contributed by atoms with Crippen LogP contribution in [0.25, 0.3) is 0 Å². The Kier molecular flexibility index (Phi) is 11.3. The molecule has 2 amide bonds. The van der Waals surface area contributed by atoms with Crippen LogP contribution in [0, 0.1) is 13.8 Å². The van der Waals surface area contributed by atoms with Crippen LogP contribution in [0.3, 0.4) is 0 Å². The highest BCUT2D eigenvalue weighted by Gasteiger charge is 2.33. The minimum atomic E-state index is -4.10. The molecule has 1 N–H and O–H groups in total. The number of carbonyl (C=O) groups is 2. The SMILES string of the molecule is CCCCNC(=O)[C@@H](CC)N(Cc1cccc(C)c1)C(=O)CN(c1cccc(Br)c1)S(=O)(=O)c1ccc(C)cc1. The fraction of sp³-hybridized carbons (Fsp3) is 0.355. The van der Waals surface area contributed by atoms with Gasteiger partial charge in [-0.3, -0.25) is 13.9 Å². The number of benzene rings is 3. The molecule has 0 unspecified atom stereocenters. The van der Waals surface area contributed by atoms with Crippen LogP contribution in [0.4, 0.5) is 5.69 Å². The van der Waals surface area contributed by atoms with E-state index in [1.807, 2.05) is 52.0 Å². The molecule has 0 fully saturated rings. The zero-order chi connectivity index (χ0) is 29.3. The highest BCUT2D eigenvalue weighted by Crippen LogP contribution is 2.27. The van der Waals surface area contributed by atoms with Gasteiger partial charge in [-0.05, 0) is 62.6 Å². The average molecular weight is 629 g/mol. The summed E-state index contributed by atoms with van der Waals surface area (Å²) in [5, 5.41) is 2.95. The van der Waals surface area contributed by atoms with Gasteiger partial charge in [-0.15, -0.1) is 0 Å². The Morgan fingerprint density at radius 1 is 0.925 bits per heavy atom. The van der Waals surface area contributed by atoms with Crippen molar-refractivity contribution in [2.45, 2.75) is 64.4 Å². The molecule has 0 saturated carbocycles. The number of unbranched alkanes of at least 4 members (excludes halogenated alkanes) is 1. The van der Waals surface area contributed by atoms with Gasteiger partial charge in [0.2, 0.25) is 11.8 Å². The summed E-state index contributed by atoms with van der Waals surface area (Å²) in [5.41, 5.74) is 3.17. The lowest BCUT2D eigenvalue weighted by Crippen LogP contribution is -2.52. The quantitative estimate of drug-likeness (QED) is 0.236. The molecule has 0 bridgehead atoms. The lowest BCUT2D eigenvalue weighted by atomic mass is 10.1. The average Bonchev–Trinajstić information content (AvgIpc) is 2.91. The second kappa shape index (κ2) is 14.5. The Morgan fingerprint density at radius 3 is 2.25 bits per heavy atom. The molecule has 214 valence electrons. The predicted molar refractivity (Wildman–Crippen MR) is 164 cm³/mol. The van der Waals surface area contributed by atoms with Crippen molar-refractivity contribution in [1.29, 1.82) is 0 Å². The van der Waals surface area contributed by atoms with Gasteiger partial charge >= 0.3 is 0 Å². The third-order valence-corrected chi connectivity index (χ3v) is 8.92. The molecule has 9 heteroatoms. The fourth-order valence-electron chi connectivity index (χ4n) is 4.43. The highest BCUT2D eigenvalue weighted by atomic mass is 79.9. The summed E-state index contributed by atoms with van der Waals surface area (Å²) < 4.78 is 29.7. The number of aryl methyl sites for hydroxylation is 2. The predicted octanol–water partition coefficient (Wildman–Crippen LogP) is 5.98. The van der Waals surface area contributed by atoms with E-state index in [4.69, 9.17) is 0 Å². The second-order valence-corrected chi connectivity index (χ2v) is 12.7. The maximum atomic E-state index is 14.1. The molecule has 0 aromatic heterocycles. The van der Waals surface area contributed by atoms with Gasteiger partial charge in [0.05, 0.1) is 10.6 Å². The summed E-state index contributed by atoms with van der Waals surface area (Å²) in [7, 11) is -4.10. The molecule has 3 aromatic rings. The molecular formula is C31H38BrN3O4S. The summed E-state index contributed by atoms with van der Waals surface area (Å²) in [6.45, 7) is 7.98. The first-order valence-electron chi connectivity index (χ1n) is 13.5. The molecule has 3 rings (SSSR count). The van der Waals surface area contributed by atoms with E-state index >= 15 is 0 Å². The molecule has 0 spiro atoms. The topological polar surface area (TPSA) is 86.8 Å². The molecule has 0 aliphatic heterocycles. The first kappa shape index (κ1) is 31.4. The van der Waals surface area contributed by atoms with Crippen LogP contribution in [-0.4, -0.2) is 44.3 Å². The largest absolute Gasteiger partial charge is 0.354 e. The molecule has 40 heavy (non-hydrogen) atoms. The number of hydrogen-bond acceptors (Lipinski definition) is 4. The monoisotopic (exact) mass is 627 g/mol. The highest BCUT2D eigenvalue weighted by molar-refractivity contribution is 9.10. The summed E-state index contributed by atoms with van der Waals surface area (Å²) in [4.78, 5) is 28.9. The maximum absolute atomic E-state index is 14.1. The molecule has 3 aromatic carbocycles. The summed E-state index contributed by atoms with van der Waals surface area (Å²) in [5.74, 6) is -0.706. The number of carbonyl (C=O) groups excluding carboxylic acids is 2. The molecule has 0 aliphatic rings. The van der Waals surface area contributed by atoms with Crippen LogP contribution in [0.15, 0.2) is 82.2 Å². The minimum absolute atomic E-state index is 0.0838. The van der Waals surface area contributed by atoms with E-state index in [0.717, 1.165) is 33.8 Å².